The molecule has 0 bridgehead atoms. The molecule has 5 nitrogen and oxygen atoms in total. The van der Waals surface area contributed by atoms with Crippen molar-refractivity contribution in [2.75, 3.05) is 11.1 Å². The van der Waals surface area contributed by atoms with Crippen molar-refractivity contribution in [3.63, 3.8) is 0 Å². The molecule has 0 aliphatic carbocycles. The fraction of sp³-hybridized carbons (Fsp3) is 0.250. The number of benzene rings is 2. The number of hydrogen-bond donors (Lipinski definition) is 1. The van der Waals surface area contributed by atoms with Crippen LogP contribution in [0.5, 0.6) is 0 Å². The van der Waals surface area contributed by atoms with E-state index in [1.165, 1.54) is 13.0 Å². The third kappa shape index (κ3) is 6.34. The normalized spacial score (nSPS) is 12.0. The molecule has 0 fully saturated rings. The van der Waals surface area contributed by atoms with Crippen molar-refractivity contribution in [3.8, 4) is 0 Å². The first-order valence-electron chi connectivity index (χ1n) is 8.86. The zero-order valence-corrected chi connectivity index (χ0v) is 18.6. The van der Waals surface area contributed by atoms with Crippen LogP contribution in [0.25, 0.3) is 10.2 Å². The molecule has 2 aromatic carbocycles. The highest BCUT2D eigenvalue weighted by molar-refractivity contribution is 8.01. The highest BCUT2D eigenvalue weighted by atomic mass is 35.5. The van der Waals surface area contributed by atoms with Gasteiger partial charge in [-0.05, 0) is 43.7 Å². The molecule has 29 heavy (non-hydrogen) atoms. The minimum absolute atomic E-state index is 0.233. The third-order valence-corrected chi connectivity index (χ3v) is 6.70. The van der Waals surface area contributed by atoms with Crippen LogP contribution in [0.2, 0.25) is 10.0 Å². The first kappa shape index (κ1) is 21.9. The van der Waals surface area contributed by atoms with E-state index < -0.39 is 18.0 Å². The van der Waals surface area contributed by atoms with Gasteiger partial charge in [-0.25, -0.2) is 4.98 Å². The van der Waals surface area contributed by atoms with E-state index >= 15 is 0 Å². The van der Waals surface area contributed by atoms with Crippen LogP contribution in [0.1, 0.15) is 19.8 Å². The van der Waals surface area contributed by atoms with Gasteiger partial charge >= 0.3 is 5.97 Å². The molecule has 0 unspecified atom stereocenters. The Hall–Kier alpha value is -1.80. The van der Waals surface area contributed by atoms with Crippen LogP contribution in [0.3, 0.4) is 0 Å². The number of fused-ring (bicyclic) bond motifs is 1. The topological polar surface area (TPSA) is 68.3 Å². The van der Waals surface area contributed by atoms with E-state index in [0.29, 0.717) is 22.2 Å². The Morgan fingerprint density at radius 3 is 2.79 bits per heavy atom. The summed E-state index contributed by atoms with van der Waals surface area (Å²) < 4.78 is 7.33. The van der Waals surface area contributed by atoms with Crippen molar-refractivity contribution in [3.05, 3.63) is 52.5 Å². The maximum atomic E-state index is 12.2. The number of carbonyl (C=O) groups excluding carboxylic acids is 2. The first-order chi connectivity index (χ1) is 13.9. The Labute approximate surface area is 186 Å². The van der Waals surface area contributed by atoms with Gasteiger partial charge in [0.15, 0.2) is 10.4 Å². The standard InChI is InChI=1S/C20H18Cl2N2O3S2/c1-12(19(26)23-15-9-8-13(21)11-14(15)22)27-18(25)7-4-10-28-20-24-16-5-2-3-6-17(16)29-20/h2-3,5-6,8-9,11-12H,4,7,10H2,1H3,(H,23,26)/t12-/m1/s1. The van der Waals surface area contributed by atoms with Crippen molar-refractivity contribution in [1.82, 2.24) is 4.98 Å². The molecule has 1 amide bonds. The zero-order valence-electron chi connectivity index (χ0n) is 15.5. The van der Waals surface area contributed by atoms with E-state index in [-0.39, 0.29) is 6.42 Å². The molecule has 1 heterocycles. The van der Waals surface area contributed by atoms with Gasteiger partial charge in [-0.3, -0.25) is 9.59 Å². The molecule has 0 saturated carbocycles. The maximum absolute atomic E-state index is 12.2. The van der Waals surface area contributed by atoms with E-state index in [1.807, 2.05) is 24.3 Å². The predicted octanol–water partition coefficient (Wildman–Crippen LogP) is 6.05. The van der Waals surface area contributed by atoms with Gasteiger partial charge < -0.3 is 10.1 Å². The molecule has 0 aliphatic heterocycles. The van der Waals surface area contributed by atoms with E-state index in [1.54, 1.807) is 35.2 Å². The summed E-state index contributed by atoms with van der Waals surface area (Å²) in [6.45, 7) is 1.52. The fourth-order valence-corrected chi connectivity index (χ4v) is 4.96. The largest absolute Gasteiger partial charge is 0.453 e. The van der Waals surface area contributed by atoms with Crippen molar-refractivity contribution in [1.29, 1.82) is 0 Å². The number of carbonyl (C=O) groups is 2. The number of anilines is 1. The molecule has 0 saturated heterocycles. The molecular weight excluding hydrogens is 451 g/mol. The maximum Gasteiger partial charge on any atom is 0.306 e. The van der Waals surface area contributed by atoms with Gasteiger partial charge in [0.1, 0.15) is 0 Å². The Morgan fingerprint density at radius 1 is 1.24 bits per heavy atom. The van der Waals surface area contributed by atoms with Crippen LogP contribution in [0.15, 0.2) is 46.8 Å². The van der Waals surface area contributed by atoms with Gasteiger partial charge in [0.25, 0.3) is 5.91 Å². The number of halogens is 2. The molecular formula is C20H18Cl2N2O3S2. The third-order valence-electron chi connectivity index (χ3n) is 3.89. The van der Waals surface area contributed by atoms with Crippen molar-refractivity contribution in [2.45, 2.75) is 30.2 Å². The average molecular weight is 469 g/mol. The number of thiazole rings is 1. The highest BCUT2D eigenvalue weighted by Gasteiger charge is 2.18. The Morgan fingerprint density at radius 2 is 2.03 bits per heavy atom. The van der Waals surface area contributed by atoms with Crippen molar-refractivity contribution in [2.24, 2.45) is 0 Å². The molecule has 152 valence electrons. The fourth-order valence-electron chi connectivity index (χ4n) is 2.42. The van der Waals surface area contributed by atoms with Crippen LogP contribution in [-0.2, 0) is 14.3 Å². The summed E-state index contributed by atoms with van der Waals surface area (Å²) in [5.74, 6) is -0.123. The lowest BCUT2D eigenvalue weighted by Gasteiger charge is -2.14. The van der Waals surface area contributed by atoms with Crippen LogP contribution in [0, 0.1) is 0 Å². The average Bonchev–Trinajstić information content (AvgIpc) is 3.10. The van der Waals surface area contributed by atoms with E-state index in [0.717, 1.165) is 20.3 Å². The quantitative estimate of drug-likeness (QED) is 0.247. The number of aromatic nitrogens is 1. The Balaban J connectivity index is 1.39. The summed E-state index contributed by atoms with van der Waals surface area (Å²) in [6, 6.07) is 12.7. The van der Waals surface area contributed by atoms with Crippen LogP contribution >= 0.6 is 46.3 Å². The second kappa shape index (κ2) is 10.3. The van der Waals surface area contributed by atoms with E-state index in [9.17, 15) is 9.59 Å². The van der Waals surface area contributed by atoms with Gasteiger partial charge in [0.2, 0.25) is 0 Å². The smallest absolute Gasteiger partial charge is 0.306 e. The number of rotatable bonds is 8. The SMILES string of the molecule is C[C@@H](OC(=O)CCCSc1nc2ccccc2s1)C(=O)Nc1ccc(Cl)cc1Cl. The molecule has 1 atom stereocenters. The van der Waals surface area contributed by atoms with E-state index in [2.05, 4.69) is 10.3 Å². The summed E-state index contributed by atoms with van der Waals surface area (Å²) in [5.41, 5.74) is 1.40. The van der Waals surface area contributed by atoms with Gasteiger partial charge in [-0.2, -0.15) is 0 Å². The lowest BCUT2D eigenvalue weighted by Crippen LogP contribution is -2.30. The summed E-state index contributed by atoms with van der Waals surface area (Å²) in [4.78, 5) is 28.7. The minimum atomic E-state index is -0.925. The number of thioether (sulfide) groups is 1. The Kier molecular flexibility index (Phi) is 7.77. The predicted molar refractivity (Wildman–Crippen MR) is 120 cm³/mol. The second-order valence-corrected chi connectivity index (χ2v) is 9.36. The first-order valence-corrected chi connectivity index (χ1v) is 11.4. The molecule has 9 heteroatoms. The summed E-state index contributed by atoms with van der Waals surface area (Å²) in [6.07, 6.45) is -0.0558. The monoisotopic (exact) mass is 468 g/mol. The summed E-state index contributed by atoms with van der Waals surface area (Å²) in [7, 11) is 0. The summed E-state index contributed by atoms with van der Waals surface area (Å²) >= 11 is 15.1. The molecule has 0 radical (unpaired) electrons. The lowest BCUT2D eigenvalue weighted by atomic mass is 10.3. The van der Waals surface area contributed by atoms with Gasteiger partial charge in [-0.1, -0.05) is 47.1 Å². The number of amides is 1. The van der Waals surface area contributed by atoms with Crippen LogP contribution in [0.4, 0.5) is 5.69 Å². The minimum Gasteiger partial charge on any atom is -0.453 e. The van der Waals surface area contributed by atoms with Gasteiger partial charge in [-0.15, -0.1) is 11.3 Å². The van der Waals surface area contributed by atoms with Gasteiger partial charge in [0.05, 0.1) is 20.9 Å². The van der Waals surface area contributed by atoms with Crippen LogP contribution < -0.4 is 5.32 Å². The second-order valence-electron chi connectivity index (χ2n) is 6.15. The number of nitrogens with one attached hydrogen (secondary N) is 1. The zero-order chi connectivity index (χ0) is 20.8. The number of ether oxygens (including phenoxy) is 1. The molecule has 1 aromatic heterocycles. The highest BCUT2D eigenvalue weighted by Crippen LogP contribution is 2.30. The molecule has 0 aliphatic rings. The number of para-hydroxylation sites is 1. The molecule has 3 aromatic rings. The number of hydrogen-bond acceptors (Lipinski definition) is 6. The molecule has 1 N–H and O–H groups in total. The number of nitrogens with zero attached hydrogens (tertiary/aromatic N) is 1. The lowest BCUT2D eigenvalue weighted by molar-refractivity contribution is -0.153. The van der Waals surface area contributed by atoms with Crippen LogP contribution in [-0.4, -0.2) is 28.7 Å². The summed E-state index contributed by atoms with van der Waals surface area (Å²) in [5, 5.41) is 3.41. The van der Waals surface area contributed by atoms with Crippen molar-refractivity contribution >= 4 is 74.1 Å². The molecule has 0 spiro atoms. The molecule has 3 rings (SSSR count). The number of esters is 1. The van der Waals surface area contributed by atoms with Gasteiger partial charge in [0, 0.05) is 17.2 Å². The van der Waals surface area contributed by atoms with E-state index in [4.69, 9.17) is 27.9 Å². The van der Waals surface area contributed by atoms with Crippen molar-refractivity contribution < 1.29 is 14.3 Å². The Bertz CT molecular complexity index is 993.